The van der Waals surface area contributed by atoms with E-state index in [-0.39, 0.29) is 45.1 Å². The lowest BCUT2D eigenvalue weighted by Crippen LogP contribution is -2.50. The number of nitrogens with one attached hydrogen (secondary N) is 2. The third-order valence-electron chi connectivity index (χ3n) is 16.7. The van der Waals surface area contributed by atoms with Crippen molar-refractivity contribution in [3.8, 4) is 23.0 Å². The maximum Gasteiger partial charge on any atom is 0.264 e. The number of nitrogens with zero attached hydrogens (tertiary/aromatic N) is 5. The lowest BCUT2D eigenvalue weighted by molar-refractivity contribution is 0.0557. The molecule has 23 heteroatoms. The zero-order valence-electron chi connectivity index (χ0n) is 48.3. The molecule has 2 atom stereocenters. The average Bonchev–Trinajstić information content (AvgIpc) is 1.95. The second kappa shape index (κ2) is 27.2. The molecule has 2 aromatic heterocycles. The van der Waals surface area contributed by atoms with Gasteiger partial charge >= 0.3 is 0 Å². The molecule has 4 aromatic carbocycles. The highest BCUT2D eigenvalue weighted by molar-refractivity contribution is 7.91. The van der Waals surface area contributed by atoms with E-state index in [0.29, 0.717) is 88.1 Å². The molecule has 4 amide bonds. The minimum absolute atomic E-state index is 0.156. The normalized spacial score (nSPS) is 17.4. The maximum absolute atomic E-state index is 14.3. The van der Waals surface area contributed by atoms with E-state index < -0.39 is 32.1 Å². The van der Waals surface area contributed by atoms with Crippen LogP contribution in [0.2, 0.25) is 0 Å². The van der Waals surface area contributed by atoms with E-state index in [1.54, 1.807) is 85.6 Å². The zero-order chi connectivity index (χ0) is 59.8. The van der Waals surface area contributed by atoms with Gasteiger partial charge in [-0.3, -0.25) is 33.9 Å². The first-order chi connectivity index (χ1) is 41.2. The fourth-order valence-electron chi connectivity index (χ4n) is 12.4. The van der Waals surface area contributed by atoms with Gasteiger partial charge in [0.2, 0.25) is 20.0 Å². The number of anilines is 2. The minimum atomic E-state index is -3.64. The first-order valence-electron chi connectivity index (χ1n) is 28.9. The second-order valence-electron chi connectivity index (χ2n) is 21.6. The number of methoxy groups -OCH3 is 4. The van der Waals surface area contributed by atoms with Crippen LogP contribution in [-0.4, -0.2) is 142 Å². The number of carbonyl (C=O) groups is 4. The molecule has 0 spiro atoms. The smallest absolute Gasteiger partial charge is 0.264 e. The van der Waals surface area contributed by atoms with Crippen molar-refractivity contribution in [2.75, 3.05) is 90.6 Å². The number of hydrogen-bond donors (Lipinski definition) is 2. The summed E-state index contributed by atoms with van der Waals surface area (Å²) in [5, 5.41) is 3.43. The largest absolute Gasteiger partial charge is 0.493 e. The van der Waals surface area contributed by atoms with Crippen molar-refractivity contribution in [2.45, 2.75) is 97.2 Å². The molecule has 6 heterocycles. The molecule has 2 saturated heterocycles. The Balaban J connectivity index is 0.000000190. The molecule has 19 nitrogen and oxygen atoms in total. The van der Waals surface area contributed by atoms with Crippen LogP contribution < -0.4 is 38.2 Å². The molecule has 452 valence electrons. The molecule has 5 aliphatic rings. The van der Waals surface area contributed by atoms with Crippen LogP contribution in [0.1, 0.15) is 135 Å². The topological polar surface area (TPSA) is 214 Å². The van der Waals surface area contributed by atoms with Crippen molar-refractivity contribution in [1.82, 2.24) is 24.1 Å². The van der Waals surface area contributed by atoms with Gasteiger partial charge in [0.25, 0.3) is 23.6 Å². The maximum atomic E-state index is 14.3. The summed E-state index contributed by atoms with van der Waals surface area (Å²) in [6, 6.07) is 27.6. The standard InChI is InChI=1S/C33H40N4O6S2.C29H33N3O6S2/c1-42-28-15-14-23(22-29(28)43-2)26(12-6-16-34-45(40,41)30-13-7-21-44-30)37-32(38)25-10-5-11-27(31(25)33(37)39)36-19-17-35(18-20-36)24-8-3-4-9-24;1-37-24-14-13-20(19-25(24)38-2)22(11-7-15-30-40(35,36)26-12-8-18-39-26)32-28(33)21-9-6-10-23(27(21)29(32)34)31-16-4-3-5-17-31/h5,7,10-11,13-15,21-22,24,26,34H,3-4,6,8-9,12,16-20H2,1-2H3;6,8-10,12-14,18-19,22,30H,3-5,7,11,15-17H2,1-2H3/t26-;22-/m11/s1. The van der Waals surface area contributed by atoms with Crippen molar-refractivity contribution >= 4 is 77.7 Å². The first kappa shape index (κ1) is 61.2. The van der Waals surface area contributed by atoms with E-state index in [4.69, 9.17) is 18.9 Å². The fourth-order valence-corrected chi connectivity index (χ4v) is 16.6. The fraction of sp³-hybridized carbons (Fsp3) is 0.419. The monoisotopic (exact) mass is 1240 g/mol. The Bertz CT molecular complexity index is 3580. The number of fused-ring (bicyclic) bond motifs is 2. The molecular formula is C62H73N7O12S4. The SMILES string of the molecule is COc1ccc([C@@H](CCCNS(=O)(=O)c2cccs2)N2C(=O)c3cccc(N4CCCCC4)c3C2=O)cc1OC.COc1ccc([C@@H](CCCNS(=O)(=O)c2cccs2)N2C(=O)c3cccc(N4CCN(C5CCCC5)CC4)c3C2=O)cc1OC. The molecule has 0 radical (unpaired) electrons. The molecule has 3 fully saturated rings. The highest BCUT2D eigenvalue weighted by Gasteiger charge is 2.45. The lowest BCUT2D eigenvalue weighted by Gasteiger charge is -2.39. The van der Waals surface area contributed by atoms with Crippen molar-refractivity contribution in [3.63, 3.8) is 0 Å². The molecule has 0 unspecified atom stereocenters. The number of amides is 4. The van der Waals surface area contributed by atoms with Crippen molar-refractivity contribution in [1.29, 1.82) is 0 Å². The predicted octanol–water partition coefficient (Wildman–Crippen LogP) is 9.78. The summed E-state index contributed by atoms with van der Waals surface area (Å²) in [5.74, 6) is 0.666. The molecule has 1 aliphatic carbocycles. The molecule has 4 aliphatic heterocycles. The summed E-state index contributed by atoms with van der Waals surface area (Å²) in [6.07, 6.45) is 9.86. The van der Waals surface area contributed by atoms with E-state index in [1.165, 1.54) is 49.7 Å². The quantitative estimate of drug-likeness (QED) is 0.0451. The van der Waals surface area contributed by atoms with Gasteiger partial charge in [0.05, 0.1) is 74.2 Å². The van der Waals surface area contributed by atoms with Crippen LogP contribution >= 0.6 is 22.7 Å². The third-order valence-corrected chi connectivity index (χ3v) is 22.4. The van der Waals surface area contributed by atoms with Gasteiger partial charge in [0, 0.05) is 58.4 Å². The third kappa shape index (κ3) is 13.1. The summed E-state index contributed by atoms with van der Waals surface area (Å²) < 4.78 is 78.2. The molecule has 6 aromatic rings. The van der Waals surface area contributed by atoms with Crippen LogP contribution in [0.25, 0.3) is 0 Å². The molecule has 2 N–H and O–H groups in total. The van der Waals surface area contributed by atoms with Gasteiger partial charge in [-0.25, -0.2) is 26.3 Å². The zero-order valence-corrected chi connectivity index (χ0v) is 51.6. The van der Waals surface area contributed by atoms with Crippen molar-refractivity contribution < 1.29 is 55.0 Å². The van der Waals surface area contributed by atoms with Gasteiger partial charge in [-0.05, 0) is 140 Å². The first-order valence-corrected chi connectivity index (χ1v) is 33.7. The van der Waals surface area contributed by atoms with E-state index in [9.17, 15) is 36.0 Å². The Morgan fingerprint density at radius 1 is 0.494 bits per heavy atom. The van der Waals surface area contributed by atoms with Gasteiger partial charge < -0.3 is 28.7 Å². The molecule has 0 bridgehead atoms. The number of ether oxygens (including phenoxy) is 4. The van der Waals surface area contributed by atoms with E-state index in [2.05, 4.69) is 24.1 Å². The summed E-state index contributed by atoms with van der Waals surface area (Å²) in [6.45, 7) is 5.50. The summed E-state index contributed by atoms with van der Waals surface area (Å²) >= 11 is 2.30. The highest BCUT2D eigenvalue weighted by Crippen LogP contribution is 2.43. The van der Waals surface area contributed by atoms with Crippen molar-refractivity contribution in [2.24, 2.45) is 0 Å². The molecule has 1 saturated carbocycles. The number of piperidine rings is 1. The predicted molar refractivity (Wildman–Crippen MR) is 328 cm³/mol. The summed E-state index contributed by atoms with van der Waals surface area (Å²) in [4.78, 5) is 65.8. The van der Waals surface area contributed by atoms with E-state index in [1.807, 2.05) is 36.4 Å². The van der Waals surface area contributed by atoms with E-state index in [0.717, 1.165) is 92.6 Å². The number of thiophene rings is 2. The highest BCUT2D eigenvalue weighted by atomic mass is 32.3. The van der Waals surface area contributed by atoms with Crippen LogP contribution in [0.4, 0.5) is 11.4 Å². The van der Waals surface area contributed by atoms with Crippen molar-refractivity contribution in [3.05, 3.63) is 141 Å². The number of carbonyl (C=O) groups excluding carboxylic acids is 4. The van der Waals surface area contributed by atoms with Gasteiger partial charge in [-0.15, -0.1) is 22.7 Å². The molecule has 11 rings (SSSR count). The van der Waals surface area contributed by atoms with Crippen LogP contribution in [-0.2, 0) is 20.0 Å². The Morgan fingerprint density at radius 2 is 0.929 bits per heavy atom. The number of sulfonamides is 2. The number of imide groups is 2. The second-order valence-corrected chi connectivity index (χ2v) is 27.5. The van der Waals surface area contributed by atoms with E-state index >= 15 is 0 Å². The Labute approximate surface area is 505 Å². The molecular weight excluding hydrogens is 1160 g/mol. The average molecular weight is 1240 g/mol. The minimum Gasteiger partial charge on any atom is -0.493 e. The van der Waals surface area contributed by atoms with Crippen LogP contribution in [0, 0.1) is 0 Å². The van der Waals surface area contributed by atoms with Crippen LogP contribution in [0.5, 0.6) is 23.0 Å². The molecule has 85 heavy (non-hydrogen) atoms. The van der Waals surface area contributed by atoms with Gasteiger partial charge in [0.1, 0.15) is 8.42 Å². The van der Waals surface area contributed by atoms with Gasteiger partial charge in [0.15, 0.2) is 23.0 Å². The number of hydrogen-bond acceptors (Lipinski definition) is 17. The summed E-state index contributed by atoms with van der Waals surface area (Å²) in [5.41, 5.74) is 4.69. The Kier molecular flexibility index (Phi) is 19.6. The number of rotatable bonds is 23. The Morgan fingerprint density at radius 3 is 1.34 bits per heavy atom. The Hall–Kier alpha value is -6.86. The number of benzene rings is 4. The summed E-state index contributed by atoms with van der Waals surface area (Å²) in [7, 11) is -1.10. The van der Waals surface area contributed by atoms with Gasteiger partial charge in [-0.1, -0.05) is 49.2 Å². The van der Waals surface area contributed by atoms with Crippen LogP contribution in [0.15, 0.2) is 116 Å². The van der Waals surface area contributed by atoms with Crippen LogP contribution in [0.3, 0.4) is 0 Å². The number of piperazine rings is 1. The lowest BCUT2D eigenvalue weighted by atomic mass is 9.99. The van der Waals surface area contributed by atoms with Gasteiger partial charge in [-0.2, -0.15) is 0 Å².